The number of hydrogen-bond donors (Lipinski definition) is 0. The van der Waals surface area contributed by atoms with E-state index in [-0.39, 0.29) is 16.2 Å². The van der Waals surface area contributed by atoms with E-state index in [2.05, 4.69) is 11.1 Å². The summed E-state index contributed by atoms with van der Waals surface area (Å²) in [5.41, 5.74) is -0.872. The fraction of sp³-hybridized carbons (Fsp3) is 0.571. The fourth-order valence-electron chi connectivity index (χ4n) is 2.45. The van der Waals surface area contributed by atoms with Gasteiger partial charge >= 0.3 is 6.18 Å². The van der Waals surface area contributed by atoms with Crippen molar-refractivity contribution in [1.82, 2.24) is 4.98 Å². The average molecular weight is 335 g/mol. The van der Waals surface area contributed by atoms with Crippen LogP contribution in [0, 0.1) is 17.2 Å². The first kappa shape index (κ1) is 16.4. The molecule has 1 atom stereocenters. The normalized spacial score (nSPS) is 18.2. The largest absolute Gasteiger partial charge is 0.417 e. The van der Waals surface area contributed by atoms with Crippen molar-refractivity contribution in [2.45, 2.75) is 48.6 Å². The van der Waals surface area contributed by atoms with Crippen LogP contribution in [0.25, 0.3) is 0 Å². The van der Waals surface area contributed by atoms with Crippen LogP contribution in [0.2, 0.25) is 5.02 Å². The number of hydrogen-bond acceptors (Lipinski definition) is 3. The molecule has 1 fully saturated rings. The molecule has 0 N–H and O–H groups in total. The molecule has 0 amide bonds. The second-order valence-corrected chi connectivity index (χ2v) is 6.61. The van der Waals surface area contributed by atoms with Crippen LogP contribution in [-0.4, -0.2) is 10.2 Å². The highest BCUT2D eigenvalue weighted by Gasteiger charge is 2.32. The van der Waals surface area contributed by atoms with Crippen LogP contribution >= 0.6 is 23.4 Å². The predicted molar refractivity (Wildman–Crippen MR) is 76.1 cm³/mol. The van der Waals surface area contributed by atoms with Gasteiger partial charge in [-0.15, -0.1) is 0 Å². The van der Waals surface area contributed by atoms with E-state index in [1.54, 1.807) is 0 Å². The Hall–Kier alpha value is -0.930. The molecule has 1 aromatic heterocycles. The maximum Gasteiger partial charge on any atom is 0.417 e. The molecule has 1 heterocycles. The highest BCUT2D eigenvalue weighted by molar-refractivity contribution is 8.00. The van der Waals surface area contributed by atoms with E-state index in [4.69, 9.17) is 11.6 Å². The topological polar surface area (TPSA) is 36.7 Å². The zero-order valence-electron chi connectivity index (χ0n) is 11.2. The Morgan fingerprint density at radius 1 is 1.33 bits per heavy atom. The highest BCUT2D eigenvalue weighted by atomic mass is 35.5. The molecule has 114 valence electrons. The van der Waals surface area contributed by atoms with Crippen molar-refractivity contribution < 1.29 is 13.2 Å². The molecule has 2 nitrogen and oxygen atoms in total. The molecule has 0 aromatic carbocycles. The summed E-state index contributed by atoms with van der Waals surface area (Å²) in [4.78, 5) is 3.79. The molecule has 0 bridgehead atoms. The number of nitriles is 1. The fourth-order valence-corrected chi connectivity index (χ4v) is 3.80. The number of pyridine rings is 1. The summed E-state index contributed by atoms with van der Waals surface area (Å²) in [6, 6.07) is 3.10. The third kappa shape index (κ3) is 4.27. The molecule has 2 rings (SSSR count). The number of aromatic nitrogens is 1. The summed E-state index contributed by atoms with van der Waals surface area (Å²) in [5, 5.41) is 9.22. The Bertz CT molecular complexity index is 536. The van der Waals surface area contributed by atoms with E-state index in [0.29, 0.717) is 5.03 Å². The standard InChI is InChI=1S/C14H14ClF3N2S/c15-11-6-10(14(16,17)18)8-20-13(11)21-12(7-19)9-4-2-1-3-5-9/h6,8-9,12H,1-5H2. The van der Waals surface area contributed by atoms with Gasteiger partial charge in [0.05, 0.1) is 16.7 Å². The number of halogens is 4. The second kappa shape index (κ2) is 6.89. The minimum Gasteiger partial charge on any atom is -0.248 e. The quantitative estimate of drug-likeness (QED) is 0.702. The van der Waals surface area contributed by atoms with Gasteiger partial charge in [-0.1, -0.05) is 42.6 Å². The van der Waals surface area contributed by atoms with E-state index in [9.17, 15) is 18.4 Å². The van der Waals surface area contributed by atoms with Crippen molar-refractivity contribution >= 4 is 23.4 Å². The Morgan fingerprint density at radius 3 is 2.52 bits per heavy atom. The van der Waals surface area contributed by atoms with Gasteiger partial charge in [0, 0.05) is 6.20 Å². The maximum absolute atomic E-state index is 12.6. The lowest BCUT2D eigenvalue weighted by Crippen LogP contribution is -2.19. The van der Waals surface area contributed by atoms with E-state index in [0.717, 1.165) is 37.9 Å². The molecule has 21 heavy (non-hydrogen) atoms. The molecule has 1 unspecified atom stereocenters. The first-order valence-corrected chi connectivity index (χ1v) is 7.96. The molecule has 0 saturated heterocycles. The number of alkyl halides is 3. The van der Waals surface area contributed by atoms with Gasteiger partial charge in [0.15, 0.2) is 0 Å². The number of nitrogens with zero attached hydrogens (tertiary/aromatic N) is 2. The lowest BCUT2D eigenvalue weighted by Gasteiger charge is -2.25. The molecule has 7 heteroatoms. The van der Waals surface area contributed by atoms with Crippen LogP contribution in [0.4, 0.5) is 13.2 Å². The summed E-state index contributed by atoms with van der Waals surface area (Å²) in [6.07, 6.45) is 1.63. The SMILES string of the molecule is N#CC(Sc1ncc(C(F)(F)F)cc1Cl)C1CCCCC1. The monoisotopic (exact) mass is 334 g/mol. The van der Waals surface area contributed by atoms with Crippen LogP contribution in [-0.2, 0) is 6.18 Å². The van der Waals surface area contributed by atoms with E-state index >= 15 is 0 Å². The van der Waals surface area contributed by atoms with Crippen molar-refractivity contribution in [1.29, 1.82) is 5.26 Å². The van der Waals surface area contributed by atoms with Crippen LogP contribution < -0.4 is 0 Å². The van der Waals surface area contributed by atoms with E-state index in [1.165, 1.54) is 18.2 Å². The second-order valence-electron chi connectivity index (χ2n) is 5.07. The van der Waals surface area contributed by atoms with Crippen molar-refractivity contribution in [3.8, 4) is 6.07 Å². The summed E-state index contributed by atoms with van der Waals surface area (Å²) in [5.74, 6) is 0.258. The zero-order valence-corrected chi connectivity index (χ0v) is 12.7. The van der Waals surface area contributed by atoms with Crippen molar-refractivity contribution in [3.05, 3.63) is 22.8 Å². The van der Waals surface area contributed by atoms with Gasteiger partial charge in [0.1, 0.15) is 10.3 Å². The molecule has 1 aliphatic rings. The molecule has 0 spiro atoms. The average Bonchev–Trinajstić information content (AvgIpc) is 2.46. The van der Waals surface area contributed by atoms with Gasteiger partial charge in [-0.05, 0) is 24.8 Å². The van der Waals surface area contributed by atoms with Crippen molar-refractivity contribution in [2.75, 3.05) is 0 Å². The minimum absolute atomic E-state index is 0.0501. The first-order chi connectivity index (χ1) is 9.91. The molecule has 1 aliphatic carbocycles. The van der Waals surface area contributed by atoms with Gasteiger partial charge in [-0.3, -0.25) is 0 Å². The minimum atomic E-state index is -4.46. The Balaban J connectivity index is 2.13. The zero-order chi connectivity index (χ0) is 15.5. The van der Waals surface area contributed by atoms with Crippen LogP contribution in [0.3, 0.4) is 0 Å². The number of rotatable bonds is 3. The Labute approximate surface area is 130 Å². The lowest BCUT2D eigenvalue weighted by molar-refractivity contribution is -0.137. The third-order valence-electron chi connectivity index (χ3n) is 3.58. The molecular formula is C14H14ClF3N2S. The van der Waals surface area contributed by atoms with E-state index < -0.39 is 11.7 Å². The summed E-state index contributed by atoms with van der Waals surface area (Å²) < 4.78 is 37.7. The number of thioether (sulfide) groups is 1. The third-order valence-corrected chi connectivity index (χ3v) is 5.27. The Kier molecular flexibility index (Phi) is 5.39. The summed E-state index contributed by atoms with van der Waals surface area (Å²) in [7, 11) is 0. The first-order valence-electron chi connectivity index (χ1n) is 6.71. The van der Waals surface area contributed by atoms with Gasteiger partial charge in [-0.25, -0.2) is 4.98 Å². The molecular weight excluding hydrogens is 321 g/mol. The Morgan fingerprint density at radius 2 is 2.00 bits per heavy atom. The highest BCUT2D eigenvalue weighted by Crippen LogP contribution is 2.39. The van der Waals surface area contributed by atoms with E-state index in [1.807, 2.05) is 0 Å². The van der Waals surface area contributed by atoms with Crippen LogP contribution in [0.1, 0.15) is 37.7 Å². The van der Waals surface area contributed by atoms with Crippen molar-refractivity contribution in [3.63, 3.8) is 0 Å². The van der Waals surface area contributed by atoms with Crippen LogP contribution in [0.5, 0.6) is 0 Å². The summed E-state index contributed by atoms with van der Waals surface area (Å²) in [6.45, 7) is 0. The smallest absolute Gasteiger partial charge is 0.248 e. The van der Waals surface area contributed by atoms with Gasteiger partial charge in [0.2, 0.25) is 0 Å². The van der Waals surface area contributed by atoms with Crippen LogP contribution in [0.15, 0.2) is 17.3 Å². The lowest BCUT2D eigenvalue weighted by atomic mass is 9.87. The van der Waals surface area contributed by atoms with Crippen molar-refractivity contribution in [2.24, 2.45) is 5.92 Å². The van der Waals surface area contributed by atoms with Gasteiger partial charge in [0.25, 0.3) is 0 Å². The summed E-state index contributed by atoms with van der Waals surface area (Å²) >= 11 is 7.05. The predicted octanol–water partition coefficient (Wildman–Crippen LogP) is 5.32. The molecule has 0 radical (unpaired) electrons. The van der Waals surface area contributed by atoms with Gasteiger partial charge in [-0.2, -0.15) is 18.4 Å². The molecule has 0 aliphatic heterocycles. The molecule has 1 aromatic rings. The maximum atomic E-state index is 12.6. The van der Waals surface area contributed by atoms with Gasteiger partial charge < -0.3 is 0 Å². The molecule has 1 saturated carbocycles.